The van der Waals surface area contributed by atoms with Crippen LogP contribution in [-0.4, -0.2) is 32.1 Å². The molecule has 1 N–H and O–H groups in total. The molecule has 0 spiro atoms. The first-order chi connectivity index (χ1) is 9.53. The number of benzene rings is 1. The summed E-state index contributed by atoms with van der Waals surface area (Å²) >= 11 is 0. The summed E-state index contributed by atoms with van der Waals surface area (Å²) in [6, 6.07) is 5.41. The summed E-state index contributed by atoms with van der Waals surface area (Å²) in [6.45, 7) is 7.49. The van der Waals surface area contributed by atoms with Crippen LogP contribution in [0.5, 0.6) is 0 Å². The molecule has 0 heterocycles. The van der Waals surface area contributed by atoms with Gasteiger partial charge in [0.15, 0.2) is 0 Å². The van der Waals surface area contributed by atoms with E-state index in [0.29, 0.717) is 12.1 Å². The van der Waals surface area contributed by atoms with E-state index in [1.54, 1.807) is 19.1 Å². The molecule has 0 bridgehead atoms. The van der Waals surface area contributed by atoms with Crippen LogP contribution in [-0.2, 0) is 6.18 Å². The van der Waals surface area contributed by atoms with E-state index in [-0.39, 0.29) is 11.5 Å². The number of hydrogen-bond donors (Lipinski definition) is 1. The van der Waals surface area contributed by atoms with E-state index in [1.807, 2.05) is 14.1 Å². The molecule has 0 aliphatic heterocycles. The van der Waals surface area contributed by atoms with Crippen molar-refractivity contribution in [2.45, 2.75) is 33.0 Å². The lowest BCUT2D eigenvalue weighted by Crippen LogP contribution is -2.38. The molecule has 1 rings (SSSR count). The molecule has 0 aromatic heterocycles. The number of halogens is 3. The summed E-state index contributed by atoms with van der Waals surface area (Å²) in [4.78, 5) is 2.08. The van der Waals surface area contributed by atoms with Gasteiger partial charge in [-0.3, -0.25) is 0 Å². The fraction of sp³-hybridized carbons (Fsp3) is 0.625. The summed E-state index contributed by atoms with van der Waals surface area (Å²) in [5, 5.41) is 3.23. The molecule has 0 saturated carbocycles. The van der Waals surface area contributed by atoms with Gasteiger partial charge >= 0.3 is 6.18 Å². The Balaban J connectivity index is 2.79. The van der Waals surface area contributed by atoms with Gasteiger partial charge < -0.3 is 10.2 Å². The van der Waals surface area contributed by atoms with Crippen LogP contribution in [0.1, 0.15) is 37.9 Å². The standard InChI is InChI=1S/C16H25F3N2/c1-12(20-10-15(2,3)11-21(4)5)13-8-6-7-9-14(13)16(17,18)19/h6-9,12,20H,10-11H2,1-5H3. The van der Waals surface area contributed by atoms with Crippen molar-refractivity contribution in [3.63, 3.8) is 0 Å². The van der Waals surface area contributed by atoms with Gasteiger partial charge in [0.05, 0.1) is 5.56 Å². The smallest absolute Gasteiger partial charge is 0.310 e. The highest BCUT2D eigenvalue weighted by Crippen LogP contribution is 2.34. The van der Waals surface area contributed by atoms with E-state index in [2.05, 4.69) is 24.1 Å². The largest absolute Gasteiger partial charge is 0.416 e. The SMILES string of the molecule is CC(NCC(C)(C)CN(C)C)c1ccccc1C(F)(F)F. The van der Waals surface area contributed by atoms with Gasteiger partial charge in [-0.05, 0) is 38.1 Å². The van der Waals surface area contributed by atoms with E-state index in [0.717, 1.165) is 12.6 Å². The summed E-state index contributed by atoms with van der Waals surface area (Å²) in [7, 11) is 3.98. The maximum Gasteiger partial charge on any atom is 0.416 e. The molecule has 0 amide bonds. The van der Waals surface area contributed by atoms with E-state index in [1.165, 1.54) is 6.07 Å². The molecule has 120 valence electrons. The minimum atomic E-state index is -4.31. The van der Waals surface area contributed by atoms with Gasteiger partial charge in [-0.1, -0.05) is 32.0 Å². The quantitative estimate of drug-likeness (QED) is 0.856. The van der Waals surface area contributed by atoms with Crippen molar-refractivity contribution in [3.8, 4) is 0 Å². The zero-order chi connectivity index (χ0) is 16.3. The van der Waals surface area contributed by atoms with Crippen molar-refractivity contribution in [1.82, 2.24) is 10.2 Å². The molecule has 2 nitrogen and oxygen atoms in total. The Bertz CT molecular complexity index is 453. The van der Waals surface area contributed by atoms with Gasteiger partial charge in [-0.15, -0.1) is 0 Å². The second-order valence-electron chi connectivity index (χ2n) is 6.59. The van der Waals surface area contributed by atoms with Crippen LogP contribution in [0.25, 0.3) is 0 Å². The number of rotatable bonds is 6. The second kappa shape index (κ2) is 6.79. The van der Waals surface area contributed by atoms with Crippen LogP contribution in [0, 0.1) is 5.41 Å². The van der Waals surface area contributed by atoms with E-state index < -0.39 is 11.7 Å². The van der Waals surface area contributed by atoms with Crippen LogP contribution in [0.4, 0.5) is 13.2 Å². The Morgan fingerprint density at radius 3 is 2.24 bits per heavy atom. The van der Waals surface area contributed by atoms with Gasteiger partial charge in [0, 0.05) is 19.1 Å². The van der Waals surface area contributed by atoms with E-state index >= 15 is 0 Å². The summed E-state index contributed by atoms with van der Waals surface area (Å²) in [5.74, 6) is 0. The monoisotopic (exact) mass is 302 g/mol. The molecule has 1 aromatic rings. The molecule has 21 heavy (non-hydrogen) atoms. The van der Waals surface area contributed by atoms with Gasteiger partial charge in [0.2, 0.25) is 0 Å². The minimum Gasteiger partial charge on any atom is -0.310 e. The predicted octanol–water partition coefficient (Wildman–Crippen LogP) is 3.94. The van der Waals surface area contributed by atoms with Crippen molar-refractivity contribution in [2.75, 3.05) is 27.2 Å². The number of alkyl halides is 3. The van der Waals surface area contributed by atoms with Crippen molar-refractivity contribution in [2.24, 2.45) is 5.41 Å². The average Bonchev–Trinajstić information content (AvgIpc) is 2.33. The third-order valence-corrected chi connectivity index (χ3v) is 3.36. The van der Waals surface area contributed by atoms with Crippen molar-refractivity contribution < 1.29 is 13.2 Å². The molecule has 1 aromatic carbocycles. The highest BCUT2D eigenvalue weighted by atomic mass is 19.4. The first-order valence-corrected chi connectivity index (χ1v) is 7.07. The number of nitrogens with one attached hydrogen (secondary N) is 1. The normalized spacial score (nSPS) is 14.5. The molecule has 0 fully saturated rings. The van der Waals surface area contributed by atoms with Crippen LogP contribution in [0.2, 0.25) is 0 Å². The fourth-order valence-electron chi connectivity index (χ4n) is 2.58. The zero-order valence-electron chi connectivity index (χ0n) is 13.4. The first kappa shape index (κ1) is 18.0. The first-order valence-electron chi connectivity index (χ1n) is 7.07. The predicted molar refractivity (Wildman–Crippen MR) is 80.2 cm³/mol. The molecule has 0 aliphatic carbocycles. The summed E-state index contributed by atoms with van der Waals surface area (Å²) < 4.78 is 39.1. The topological polar surface area (TPSA) is 15.3 Å². The van der Waals surface area contributed by atoms with Gasteiger partial charge in [-0.2, -0.15) is 13.2 Å². The lowest BCUT2D eigenvalue weighted by molar-refractivity contribution is -0.138. The molecular formula is C16H25F3N2. The second-order valence-corrected chi connectivity index (χ2v) is 6.59. The Hall–Kier alpha value is -1.07. The van der Waals surface area contributed by atoms with E-state index in [4.69, 9.17) is 0 Å². The lowest BCUT2D eigenvalue weighted by atomic mass is 9.92. The molecule has 0 aliphatic rings. The molecule has 0 radical (unpaired) electrons. The summed E-state index contributed by atoms with van der Waals surface area (Å²) in [5.41, 5.74) is -0.272. The Morgan fingerprint density at radius 1 is 1.14 bits per heavy atom. The van der Waals surface area contributed by atoms with Gasteiger partial charge in [0.1, 0.15) is 0 Å². The van der Waals surface area contributed by atoms with Crippen LogP contribution in [0.15, 0.2) is 24.3 Å². The molecule has 5 heteroatoms. The third kappa shape index (κ3) is 5.67. The Kier molecular flexibility index (Phi) is 5.82. The van der Waals surface area contributed by atoms with Gasteiger partial charge in [0.25, 0.3) is 0 Å². The Labute approximate surface area is 125 Å². The minimum absolute atomic E-state index is 0.00899. The third-order valence-electron chi connectivity index (χ3n) is 3.36. The number of hydrogen-bond acceptors (Lipinski definition) is 2. The lowest BCUT2D eigenvalue weighted by Gasteiger charge is -2.30. The highest BCUT2D eigenvalue weighted by molar-refractivity contribution is 5.32. The van der Waals surface area contributed by atoms with Gasteiger partial charge in [-0.25, -0.2) is 0 Å². The number of nitrogens with zero attached hydrogens (tertiary/aromatic N) is 1. The van der Waals surface area contributed by atoms with Crippen LogP contribution < -0.4 is 5.32 Å². The maximum atomic E-state index is 13.0. The average molecular weight is 302 g/mol. The molecule has 1 atom stereocenters. The maximum absolute atomic E-state index is 13.0. The molecular weight excluding hydrogens is 277 g/mol. The highest BCUT2D eigenvalue weighted by Gasteiger charge is 2.34. The molecule has 1 unspecified atom stereocenters. The zero-order valence-corrected chi connectivity index (χ0v) is 13.4. The van der Waals surface area contributed by atoms with Crippen molar-refractivity contribution >= 4 is 0 Å². The van der Waals surface area contributed by atoms with E-state index in [9.17, 15) is 13.2 Å². The Morgan fingerprint density at radius 2 is 1.71 bits per heavy atom. The van der Waals surface area contributed by atoms with Crippen LogP contribution in [0.3, 0.4) is 0 Å². The van der Waals surface area contributed by atoms with Crippen molar-refractivity contribution in [1.29, 1.82) is 0 Å². The fourth-order valence-corrected chi connectivity index (χ4v) is 2.58. The van der Waals surface area contributed by atoms with Crippen LogP contribution >= 0.6 is 0 Å². The van der Waals surface area contributed by atoms with Crippen molar-refractivity contribution in [3.05, 3.63) is 35.4 Å². The molecule has 0 saturated heterocycles. The summed E-state index contributed by atoms with van der Waals surface area (Å²) in [6.07, 6.45) is -4.31.